The molecular weight excluding hydrogens is 224 g/mol. The summed E-state index contributed by atoms with van der Waals surface area (Å²) in [6.07, 6.45) is 2.89. The van der Waals surface area contributed by atoms with Crippen molar-refractivity contribution in [3.63, 3.8) is 0 Å². The van der Waals surface area contributed by atoms with Crippen LogP contribution < -0.4 is 5.32 Å². The van der Waals surface area contributed by atoms with Gasteiger partial charge in [0.05, 0.1) is 12.4 Å². The van der Waals surface area contributed by atoms with Crippen LogP contribution in [0.2, 0.25) is 0 Å². The van der Waals surface area contributed by atoms with E-state index in [0.29, 0.717) is 6.54 Å². The second-order valence-electron chi connectivity index (χ2n) is 5.47. The number of rotatable bonds is 5. The lowest BCUT2D eigenvalue weighted by Gasteiger charge is -2.34. The number of nitrogens with one attached hydrogen (secondary N) is 1. The molecule has 1 rings (SSSR count). The largest absolute Gasteiger partial charge is 0.336 e. The molecule has 0 fully saturated rings. The third-order valence-electron chi connectivity index (χ3n) is 2.84. The Bertz CT molecular complexity index is 317. The van der Waals surface area contributed by atoms with E-state index >= 15 is 0 Å². The average molecular weight is 245 g/mol. The van der Waals surface area contributed by atoms with E-state index in [9.17, 15) is 8.78 Å². The van der Waals surface area contributed by atoms with Crippen LogP contribution in [0.5, 0.6) is 0 Å². The number of nitrogens with zero attached hydrogens (tertiary/aromatic N) is 2. The third kappa shape index (κ3) is 4.42. The van der Waals surface area contributed by atoms with Crippen LogP contribution in [0.15, 0.2) is 18.7 Å². The van der Waals surface area contributed by atoms with E-state index in [1.165, 1.54) is 6.92 Å². The van der Waals surface area contributed by atoms with E-state index in [2.05, 4.69) is 10.3 Å². The fourth-order valence-electron chi connectivity index (χ4n) is 1.57. The van der Waals surface area contributed by atoms with Gasteiger partial charge in [-0.05, 0) is 12.3 Å². The van der Waals surface area contributed by atoms with Crippen molar-refractivity contribution in [2.24, 2.45) is 5.41 Å². The molecule has 1 aromatic heterocycles. The van der Waals surface area contributed by atoms with Crippen LogP contribution in [-0.2, 0) is 6.54 Å². The summed E-state index contributed by atoms with van der Waals surface area (Å²) in [5, 5.41) is 3.00. The highest BCUT2D eigenvalue weighted by molar-refractivity contribution is 4.86. The van der Waals surface area contributed by atoms with Crippen LogP contribution in [0, 0.1) is 5.41 Å². The smallest absolute Gasteiger partial charge is 0.253 e. The molecule has 0 aliphatic rings. The van der Waals surface area contributed by atoms with Gasteiger partial charge in [0.15, 0.2) is 0 Å². The predicted octanol–water partition coefficient (Wildman–Crippen LogP) is 2.54. The summed E-state index contributed by atoms with van der Waals surface area (Å²) < 4.78 is 27.1. The summed E-state index contributed by atoms with van der Waals surface area (Å²) in [6, 6.07) is -0.830. The van der Waals surface area contributed by atoms with Crippen LogP contribution in [0.4, 0.5) is 8.78 Å². The van der Waals surface area contributed by atoms with E-state index in [0.717, 1.165) is 0 Å². The Labute approximate surface area is 101 Å². The zero-order valence-corrected chi connectivity index (χ0v) is 10.8. The van der Waals surface area contributed by atoms with Crippen LogP contribution in [-0.4, -0.2) is 28.1 Å². The zero-order valence-electron chi connectivity index (χ0n) is 10.8. The third-order valence-corrected chi connectivity index (χ3v) is 2.84. The van der Waals surface area contributed by atoms with Gasteiger partial charge in [-0.2, -0.15) is 0 Å². The van der Waals surface area contributed by atoms with Crippen LogP contribution in [0.1, 0.15) is 27.7 Å². The number of hydrogen-bond donors (Lipinski definition) is 1. The molecule has 2 atom stereocenters. The number of hydrogen-bond acceptors (Lipinski definition) is 2. The van der Waals surface area contributed by atoms with Gasteiger partial charge in [0.1, 0.15) is 0 Å². The van der Waals surface area contributed by atoms with Gasteiger partial charge in [-0.15, -0.1) is 0 Å². The van der Waals surface area contributed by atoms with Crippen molar-refractivity contribution in [3.05, 3.63) is 18.7 Å². The minimum absolute atomic E-state index is 0.0271. The first-order chi connectivity index (χ1) is 7.80. The first-order valence-corrected chi connectivity index (χ1v) is 5.80. The molecule has 0 aliphatic heterocycles. The number of imidazole rings is 1. The van der Waals surface area contributed by atoms with Gasteiger partial charge < -0.3 is 9.88 Å². The molecule has 3 nitrogen and oxygen atoms in total. The maximum absolute atomic E-state index is 12.6. The molecule has 1 aromatic rings. The minimum Gasteiger partial charge on any atom is -0.336 e. The van der Waals surface area contributed by atoms with Gasteiger partial charge in [0, 0.05) is 25.0 Å². The summed E-state index contributed by atoms with van der Waals surface area (Å²) in [7, 11) is 0. The van der Waals surface area contributed by atoms with E-state index in [1.807, 2.05) is 31.5 Å². The monoisotopic (exact) mass is 245 g/mol. The quantitative estimate of drug-likeness (QED) is 0.864. The molecule has 17 heavy (non-hydrogen) atoms. The minimum atomic E-state index is -2.34. The highest BCUT2D eigenvalue weighted by Crippen LogP contribution is 2.22. The first-order valence-electron chi connectivity index (χ1n) is 5.80. The van der Waals surface area contributed by atoms with Crippen molar-refractivity contribution < 1.29 is 8.78 Å². The molecule has 0 bridgehead atoms. The molecule has 5 heteroatoms. The van der Waals surface area contributed by atoms with Crippen LogP contribution in [0.3, 0.4) is 0 Å². The van der Waals surface area contributed by atoms with Gasteiger partial charge in [0.2, 0.25) is 0 Å². The standard InChI is InChI=1S/C12H21F2N3/c1-9(11(13)14)16-10(12(2,3)4)7-17-6-5-15-8-17/h5-6,8-11,16H,7H2,1-4H3. The fourth-order valence-corrected chi connectivity index (χ4v) is 1.57. The van der Waals surface area contributed by atoms with Gasteiger partial charge in [-0.3, -0.25) is 0 Å². The first kappa shape index (κ1) is 14.1. The molecule has 0 aliphatic carbocycles. The molecule has 98 valence electrons. The second kappa shape index (κ2) is 5.58. The molecule has 1 N–H and O–H groups in total. The fraction of sp³-hybridized carbons (Fsp3) is 0.750. The van der Waals surface area contributed by atoms with E-state index in [1.54, 1.807) is 12.5 Å². The topological polar surface area (TPSA) is 29.9 Å². The summed E-state index contributed by atoms with van der Waals surface area (Å²) in [5.41, 5.74) is -0.0899. The Kier molecular flexibility index (Phi) is 4.62. The van der Waals surface area contributed by atoms with Crippen LogP contribution >= 0.6 is 0 Å². The maximum Gasteiger partial charge on any atom is 0.253 e. The molecule has 0 aromatic carbocycles. The highest BCUT2D eigenvalue weighted by Gasteiger charge is 2.28. The van der Waals surface area contributed by atoms with E-state index < -0.39 is 12.5 Å². The molecule has 2 unspecified atom stereocenters. The molecule has 0 amide bonds. The summed E-state index contributed by atoms with van der Waals surface area (Å²) in [5.74, 6) is 0. The van der Waals surface area contributed by atoms with Gasteiger partial charge in [-0.25, -0.2) is 13.8 Å². The van der Waals surface area contributed by atoms with Gasteiger partial charge >= 0.3 is 0 Å². The van der Waals surface area contributed by atoms with Crippen molar-refractivity contribution in [2.45, 2.75) is 52.7 Å². The normalized spacial score (nSPS) is 16.2. The van der Waals surface area contributed by atoms with Crippen molar-refractivity contribution in [3.8, 4) is 0 Å². The lowest BCUT2D eigenvalue weighted by atomic mass is 9.86. The van der Waals surface area contributed by atoms with Gasteiger partial charge in [0.25, 0.3) is 6.43 Å². The average Bonchev–Trinajstić information content (AvgIpc) is 2.67. The molecule has 0 radical (unpaired) electrons. The number of halogens is 2. The van der Waals surface area contributed by atoms with Crippen molar-refractivity contribution in [1.82, 2.24) is 14.9 Å². The Morgan fingerprint density at radius 1 is 1.35 bits per heavy atom. The summed E-state index contributed by atoms with van der Waals surface area (Å²) in [4.78, 5) is 3.96. The zero-order chi connectivity index (χ0) is 13.1. The molecule has 0 saturated heterocycles. The Morgan fingerprint density at radius 2 is 2.00 bits per heavy atom. The lowest BCUT2D eigenvalue weighted by molar-refractivity contribution is 0.0844. The van der Waals surface area contributed by atoms with E-state index in [4.69, 9.17) is 0 Å². The molecule has 0 spiro atoms. The SMILES string of the molecule is CC(NC(Cn1ccnc1)C(C)(C)C)C(F)F. The summed E-state index contributed by atoms with van der Waals surface area (Å²) in [6.45, 7) is 8.28. The molecular formula is C12H21F2N3. The number of alkyl halides is 2. The van der Waals surface area contributed by atoms with Crippen molar-refractivity contribution >= 4 is 0 Å². The Hall–Kier alpha value is -0.970. The van der Waals surface area contributed by atoms with Crippen LogP contribution in [0.25, 0.3) is 0 Å². The van der Waals surface area contributed by atoms with Crippen molar-refractivity contribution in [2.75, 3.05) is 0 Å². The Balaban J connectivity index is 2.68. The Morgan fingerprint density at radius 3 is 2.41 bits per heavy atom. The maximum atomic E-state index is 12.6. The summed E-state index contributed by atoms with van der Waals surface area (Å²) >= 11 is 0. The number of aromatic nitrogens is 2. The van der Waals surface area contributed by atoms with Crippen molar-refractivity contribution in [1.29, 1.82) is 0 Å². The lowest BCUT2D eigenvalue weighted by Crippen LogP contribution is -2.49. The van der Waals surface area contributed by atoms with E-state index in [-0.39, 0.29) is 11.5 Å². The molecule has 0 saturated carbocycles. The second-order valence-corrected chi connectivity index (χ2v) is 5.47. The van der Waals surface area contributed by atoms with Gasteiger partial charge in [-0.1, -0.05) is 20.8 Å². The predicted molar refractivity (Wildman–Crippen MR) is 64.1 cm³/mol. The highest BCUT2D eigenvalue weighted by atomic mass is 19.3. The molecule has 1 heterocycles.